The fourth-order valence-corrected chi connectivity index (χ4v) is 4.32. The van der Waals surface area contributed by atoms with Crippen LogP contribution in [0.25, 0.3) is 0 Å². The lowest BCUT2D eigenvalue weighted by Gasteiger charge is -2.47. The lowest BCUT2D eigenvalue weighted by Crippen LogP contribution is -2.64. The van der Waals surface area contributed by atoms with Crippen molar-refractivity contribution in [1.82, 2.24) is 0 Å². The van der Waals surface area contributed by atoms with Crippen molar-refractivity contribution < 1.29 is 41.1 Å². The second-order valence-electron chi connectivity index (χ2n) is 7.46. The van der Waals surface area contributed by atoms with Crippen molar-refractivity contribution in [1.29, 1.82) is 0 Å². The molecule has 10 heteroatoms. The van der Waals surface area contributed by atoms with Gasteiger partial charge in [0, 0.05) is 12.7 Å². The standard InChI is InChI=1S/C22H24O9S/c1-26-22-19(31-32(2,24)25)18(29-20(23)14-9-5-3-6-10-14)17-16(28-22)13-27-21(30-17)15-11-7-4-8-12-15/h3-12,16-19,21-22H,13H2,1-2H3/t16-,17+,18-,19+,21-,22-/m0/s1. The normalized spacial score (nSPS) is 30.3. The van der Waals surface area contributed by atoms with Crippen molar-refractivity contribution in [2.75, 3.05) is 20.0 Å². The highest BCUT2D eigenvalue weighted by Gasteiger charge is 2.54. The number of methoxy groups -OCH3 is 1. The van der Waals surface area contributed by atoms with Crippen LogP contribution in [0.1, 0.15) is 22.2 Å². The van der Waals surface area contributed by atoms with E-state index >= 15 is 0 Å². The number of rotatable bonds is 6. The Kier molecular flexibility index (Phi) is 6.89. The van der Waals surface area contributed by atoms with E-state index in [0.29, 0.717) is 5.56 Å². The first-order chi connectivity index (χ1) is 15.4. The van der Waals surface area contributed by atoms with Gasteiger partial charge in [-0.2, -0.15) is 8.42 Å². The van der Waals surface area contributed by atoms with Crippen LogP contribution in [0, 0.1) is 0 Å². The minimum atomic E-state index is -3.94. The van der Waals surface area contributed by atoms with Crippen molar-refractivity contribution >= 4 is 16.1 Å². The third kappa shape index (κ3) is 5.17. The predicted octanol–water partition coefficient (Wildman–Crippen LogP) is 2.04. The summed E-state index contributed by atoms with van der Waals surface area (Å²) >= 11 is 0. The molecule has 0 aliphatic carbocycles. The van der Waals surface area contributed by atoms with Crippen molar-refractivity contribution in [2.24, 2.45) is 0 Å². The maximum atomic E-state index is 12.8. The van der Waals surface area contributed by atoms with Gasteiger partial charge in [0.15, 0.2) is 24.8 Å². The average Bonchev–Trinajstić information content (AvgIpc) is 2.80. The van der Waals surface area contributed by atoms with Crippen LogP contribution >= 0.6 is 0 Å². The van der Waals surface area contributed by atoms with E-state index in [1.165, 1.54) is 7.11 Å². The summed E-state index contributed by atoms with van der Waals surface area (Å²) in [5, 5.41) is 0. The molecule has 2 fully saturated rings. The number of fused-ring (bicyclic) bond motifs is 1. The van der Waals surface area contributed by atoms with Gasteiger partial charge in [-0.05, 0) is 12.1 Å². The van der Waals surface area contributed by atoms with Gasteiger partial charge in [0.25, 0.3) is 10.1 Å². The summed E-state index contributed by atoms with van der Waals surface area (Å²) in [6, 6.07) is 17.6. The van der Waals surface area contributed by atoms with E-state index in [4.69, 9.17) is 27.9 Å². The van der Waals surface area contributed by atoms with Gasteiger partial charge in [0.1, 0.15) is 12.2 Å². The van der Waals surface area contributed by atoms with Gasteiger partial charge < -0.3 is 23.7 Å². The Hall–Kier alpha value is -2.34. The van der Waals surface area contributed by atoms with E-state index in [-0.39, 0.29) is 6.61 Å². The molecule has 2 aliphatic heterocycles. The first kappa shape index (κ1) is 22.8. The Labute approximate surface area is 186 Å². The van der Waals surface area contributed by atoms with E-state index in [2.05, 4.69) is 0 Å². The minimum absolute atomic E-state index is 0.120. The lowest BCUT2D eigenvalue weighted by atomic mass is 9.97. The van der Waals surface area contributed by atoms with Gasteiger partial charge in [-0.15, -0.1) is 0 Å². The van der Waals surface area contributed by atoms with E-state index in [9.17, 15) is 13.2 Å². The first-order valence-electron chi connectivity index (χ1n) is 10.0. The van der Waals surface area contributed by atoms with Crippen molar-refractivity contribution in [3.63, 3.8) is 0 Å². The number of carbonyl (C=O) groups excluding carboxylic acids is 1. The zero-order chi connectivity index (χ0) is 22.7. The average molecular weight is 464 g/mol. The number of esters is 1. The smallest absolute Gasteiger partial charge is 0.338 e. The SMILES string of the molecule is CO[C@H]1O[C@H]2CO[C@H](c3ccccc3)O[C@H]2[C@H](OC(=O)c2ccccc2)[C@H]1OS(C)(=O)=O. The largest absolute Gasteiger partial charge is 0.453 e. The molecule has 0 amide bonds. The summed E-state index contributed by atoms with van der Waals surface area (Å²) in [5.74, 6) is -0.653. The van der Waals surface area contributed by atoms with E-state index in [0.717, 1.165) is 11.8 Å². The van der Waals surface area contributed by atoms with Crippen molar-refractivity contribution in [3.8, 4) is 0 Å². The van der Waals surface area contributed by atoms with Gasteiger partial charge in [0.2, 0.25) is 0 Å². The van der Waals surface area contributed by atoms with Gasteiger partial charge in [0.05, 0.1) is 18.4 Å². The summed E-state index contributed by atoms with van der Waals surface area (Å²) < 4.78 is 58.0. The molecule has 4 rings (SSSR count). The number of hydrogen-bond acceptors (Lipinski definition) is 9. The third-order valence-corrected chi connectivity index (χ3v) is 5.70. The monoisotopic (exact) mass is 464 g/mol. The van der Waals surface area contributed by atoms with E-state index in [1.54, 1.807) is 30.3 Å². The molecule has 2 saturated heterocycles. The number of ether oxygens (including phenoxy) is 5. The van der Waals surface area contributed by atoms with Gasteiger partial charge in [-0.3, -0.25) is 4.18 Å². The molecule has 32 heavy (non-hydrogen) atoms. The summed E-state index contributed by atoms with van der Waals surface area (Å²) in [4.78, 5) is 12.8. The third-order valence-electron chi connectivity index (χ3n) is 5.13. The quantitative estimate of drug-likeness (QED) is 0.469. The van der Waals surface area contributed by atoms with Gasteiger partial charge in [-0.1, -0.05) is 48.5 Å². The van der Waals surface area contributed by atoms with Crippen LogP contribution in [-0.2, 0) is 38.0 Å². The highest BCUT2D eigenvalue weighted by atomic mass is 32.2. The molecule has 0 N–H and O–H groups in total. The molecular weight excluding hydrogens is 440 g/mol. The van der Waals surface area contributed by atoms with Crippen LogP contribution in [-0.4, -0.2) is 65.1 Å². The topological polar surface area (TPSA) is 107 Å². The first-order valence-corrected chi connectivity index (χ1v) is 11.8. The minimum Gasteiger partial charge on any atom is -0.453 e. The summed E-state index contributed by atoms with van der Waals surface area (Å²) in [6.45, 7) is 0.120. The molecule has 6 atom stereocenters. The molecule has 0 unspecified atom stereocenters. The number of carbonyl (C=O) groups is 1. The molecule has 9 nitrogen and oxygen atoms in total. The Bertz CT molecular complexity index is 1010. The molecule has 2 aromatic carbocycles. The maximum absolute atomic E-state index is 12.8. The molecule has 0 aromatic heterocycles. The van der Waals surface area contributed by atoms with E-state index < -0.39 is 53.1 Å². The van der Waals surface area contributed by atoms with Crippen LogP contribution in [0.2, 0.25) is 0 Å². The Morgan fingerprint density at radius 3 is 2.25 bits per heavy atom. The van der Waals surface area contributed by atoms with Crippen LogP contribution in [0.4, 0.5) is 0 Å². The predicted molar refractivity (Wildman–Crippen MR) is 111 cm³/mol. The molecule has 172 valence electrons. The maximum Gasteiger partial charge on any atom is 0.338 e. The molecule has 2 heterocycles. The van der Waals surface area contributed by atoms with Crippen molar-refractivity contribution in [3.05, 3.63) is 71.8 Å². The second kappa shape index (κ2) is 9.65. The molecule has 0 radical (unpaired) electrons. The van der Waals surface area contributed by atoms with Crippen LogP contribution in [0.15, 0.2) is 60.7 Å². The molecule has 0 saturated carbocycles. The Balaban J connectivity index is 1.65. The Morgan fingerprint density at radius 1 is 0.969 bits per heavy atom. The summed E-state index contributed by atoms with van der Waals surface area (Å²) in [5.41, 5.74) is 1.06. The number of benzene rings is 2. The fourth-order valence-electron chi connectivity index (χ4n) is 3.72. The van der Waals surface area contributed by atoms with Crippen molar-refractivity contribution in [2.45, 2.75) is 37.0 Å². The molecule has 2 aromatic rings. The fraction of sp³-hybridized carbons (Fsp3) is 0.409. The van der Waals surface area contributed by atoms with Crippen LogP contribution in [0.5, 0.6) is 0 Å². The lowest BCUT2D eigenvalue weighted by molar-refractivity contribution is -0.353. The summed E-state index contributed by atoms with van der Waals surface area (Å²) in [7, 11) is -2.60. The highest BCUT2D eigenvalue weighted by Crippen LogP contribution is 2.37. The van der Waals surface area contributed by atoms with Gasteiger partial charge in [-0.25, -0.2) is 4.79 Å². The molecule has 0 spiro atoms. The molecule has 0 bridgehead atoms. The Morgan fingerprint density at radius 2 is 1.62 bits per heavy atom. The van der Waals surface area contributed by atoms with Crippen LogP contribution < -0.4 is 0 Å². The second-order valence-corrected chi connectivity index (χ2v) is 9.06. The molecule has 2 aliphatic rings. The number of hydrogen-bond donors (Lipinski definition) is 0. The molecular formula is C22H24O9S. The van der Waals surface area contributed by atoms with E-state index in [1.807, 2.05) is 30.3 Å². The zero-order valence-corrected chi connectivity index (χ0v) is 18.3. The highest BCUT2D eigenvalue weighted by molar-refractivity contribution is 7.86. The van der Waals surface area contributed by atoms with Gasteiger partial charge >= 0.3 is 5.97 Å². The van der Waals surface area contributed by atoms with Crippen LogP contribution in [0.3, 0.4) is 0 Å². The summed E-state index contributed by atoms with van der Waals surface area (Å²) in [6.07, 6.45) is -4.93. The zero-order valence-electron chi connectivity index (χ0n) is 17.5.